The number of benzene rings is 7. The third-order valence-electron chi connectivity index (χ3n) is 9.41. The van der Waals surface area contributed by atoms with Crippen LogP contribution in [0.4, 0.5) is 0 Å². The second-order valence-electron chi connectivity index (χ2n) is 12.2. The van der Waals surface area contributed by atoms with Gasteiger partial charge in [0.15, 0.2) is 5.82 Å². The Morgan fingerprint density at radius 2 is 1.12 bits per heavy atom. The zero-order chi connectivity index (χ0) is 31.6. The van der Waals surface area contributed by atoms with Crippen molar-refractivity contribution in [2.75, 3.05) is 0 Å². The van der Waals surface area contributed by atoms with Crippen LogP contribution in [0.25, 0.3) is 94.1 Å². The summed E-state index contributed by atoms with van der Waals surface area (Å²) >= 11 is 0. The molecule has 0 aliphatic carbocycles. The van der Waals surface area contributed by atoms with Crippen molar-refractivity contribution >= 4 is 54.6 Å². The molecule has 10 rings (SSSR count). The van der Waals surface area contributed by atoms with Gasteiger partial charge in [0.25, 0.3) is 0 Å². The summed E-state index contributed by atoms with van der Waals surface area (Å²) in [5, 5.41) is 5.55. The van der Waals surface area contributed by atoms with Gasteiger partial charge in [0, 0.05) is 49.3 Å². The fourth-order valence-electron chi connectivity index (χ4n) is 7.25. The first kappa shape index (κ1) is 26.7. The molecule has 0 fully saturated rings. The van der Waals surface area contributed by atoms with Gasteiger partial charge in [-0.05, 0) is 54.1 Å². The van der Waals surface area contributed by atoms with E-state index in [0.29, 0.717) is 5.82 Å². The Bertz CT molecular complexity index is 2830. The Morgan fingerprint density at radius 3 is 1.98 bits per heavy atom. The fraction of sp³-hybridized carbons (Fsp3) is 0. The van der Waals surface area contributed by atoms with Gasteiger partial charge in [-0.2, -0.15) is 0 Å². The van der Waals surface area contributed by atoms with E-state index >= 15 is 0 Å². The Labute approximate surface area is 276 Å². The molecule has 224 valence electrons. The lowest BCUT2D eigenvalue weighted by molar-refractivity contribution is 0.670. The zero-order valence-electron chi connectivity index (χ0n) is 25.8. The molecule has 0 N–H and O–H groups in total. The molecule has 0 unspecified atom stereocenters. The SMILES string of the molecule is c1ccc(-c2nc(-c3ccc(-c4ccc5c(c4)c4ccccc4n5-c4ccccc4)c4oc5ccccc5c34)c3ccccc3n2)cc1. The smallest absolute Gasteiger partial charge is 0.160 e. The molecule has 7 aromatic carbocycles. The number of rotatable bonds is 4. The number of nitrogens with zero attached hydrogens (tertiary/aromatic N) is 3. The van der Waals surface area contributed by atoms with Gasteiger partial charge in [0.05, 0.1) is 22.2 Å². The minimum absolute atomic E-state index is 0.703. The topological polar surface area (TPSA) is 43.9 Å². The van der Waals surface area contributed by atoms with Crippen LogP contribution in [0.5, 0.6) is 0 Å². The molecule has 3 heterocycles. The summed E-state index contributed by atoms with van der Waals surface area (Å²) in [5.74, 6) is 0.703. The highest BCUT2D eigenvalue weighted by Crippen LogP contribution is 2.44. The van der Waals surface area contributed by atoms with E-state index in [9.17, 15) is 0 Å². The van der Waals surface area contributed by atoms with Gasteiger partial charge in [0.2, 0.25) is 0 Å². The lowest BCUT2D eigenvalue weighted by atomic mass is 9.94. The molecular weight excluding hydrogens is 587 g/mol. The normalized spacial score (nSPS) is 11.8. The standard InChI is InChI=1S/C44H27N3O/c1-3-13-28(14-4-1)44-45-37-20-10-7-18-33(37)42(46-44)35-25-24-31(43-41(35)34-19-9-12-22-40(34)48-43)29-23-26-39-36(27-29)32-17-8-11-21-38(32)47(39)30-15-5-2-6-16-30/h1-27H. The molecular formula is C44H27N3O. The number of para-hydroxylation sites is 4. The predicted octanol–water partition coefficient (Wildman–Crippen LogP) is 11.6. The van der Waals surface area contributed by atoms with E-state index in [-0.39, 0.29) is 0 Å². The number of aromatic nitrogens is 3. The molecule has 0 bridgehead atoms. The molecule has 0 aliphatic rings. The molecule has 0 radical (unpaired) electrons. The van der Waals surface area contributed by atoms with E-state index in [1.54, 1.807) is 0 Å². The van der Waals surface area contributed by atoms with E-state index in [4.69, 9.17) is 14.4 Å². The summed E-state index contributed by atoms with van der Waals surface area (Å²) < 4.78 is 9.10. The molecule has 0 saturated carbocycles. The van der Waals surface area contributed by atoms with Crippen molar-refractivity contribution in [2.45, 2.75) is 0 Å². The van der Waals surface area contributed by atoms with Crippen molar-refractivity contribution in [2.24, 2.45) is 0 Å². The van der Waals surface area contributed by atoms with Crippen molar-refractivity contribution < 1.29 is 4.42 Å². The van der Waals surface area contributed by atoms with Crippen LogP contribution in [0.3, 0.4) is 0 Å². The molecule has 10 aromatic rings. The average Bonchev–Trinajstić information content (AvgIpc) is 3.71. The second kappa shape index (κ2) is 10.5. The van der Waals surface area contributed by atoms with Crippen LogP contribution >= 0.6 is 0 Å². The van der Waals surface area contributed by atoms with Gasteiger partial charge < -0.3 is 8.98 Å². The maximum atomic E-state index is 6.75. The summed E-state index contributed by atoms with van der Waals surface area (Å²) in [6, 6.07) is 57.1. The van der Waals surface area contributed by atoms with Crippen LogP contribution in [-0.4, -0.2) is 14.5 Å². The van der Waals surface area contributed by atoms with Crippen molar-refractivity contribution in [3.63, 3.8) is 0 Å². The van der Waals surface area contributed by atoms with Gasteiger partial charge in [-0.25, -0.2) is 9.97 Å². The van der Waals surface area contributed by atoms with Gasteiger partial charge in [-0.1, -0.05) is 115 Å². The third-order valence-corrected chi connectivity index (χ3v) is 9.41. The summed E-state index contributed by atoms with van der Waals surface area (Å²) in [4.78, 5) is 10.2. The van der Waals surface area contributed by atoms with Gasteiger partial charge in [-0.15, -0.1) is 0 Å². The van der Waals surface area contributed by atoms with Crippen LogP contribution in [0.1, 0.15) is 0 Å². The average molecular weight is 614 g/mol. The first-order valence-corrected chi connectivity index (χ1v) is 16.2. The van der Waals surface area contributed by atoms with Crippen LogP contribution in [0.15, 0.2) is 168 Å². The Morgan fingerprint density at radius 1 is 0.458 bits per heavy atom. The molecule has 0 aliphatic heterocycles. The maximum absolute atomic E-state index is 6.75. The molecule has 48 heavy (non-hydrogen) atoms. The molecule has 0 saturated heterocycles. The number of furan rings is 1. The third kappa shape index (κ3) is 4.03. The summed E-state index contributed by atoms with van der Waals surface area (Å²) in [6.45, 7) is 0. The molecule has 0 amide bonds. The molecule has 0 spiro atoms. The number of hydrogen-bond donors (Lipinski definition) is 0. The van der Waals surface area contributed by atoms with Gasteiger partial charge in [0.1, 0.15) is 11.2 Å². The van der Waals surface area contributed by atoms with Crippen LogP contribution in [-0.2, 0) is 0 Å². The van der Waals surface area contributed by atoms with Gasteiger partial charge in [-0.3, -0.25) is 0 Å². The molecule has 0 atom stereocenters. The van der Waals surface area contributed by atoms with E-state index in [1.165, 1.54) is 21.8 Å². The fourth-order valence-corrected chi connectivity index (χ4v) is 7.25. The minimum Gasteiger partial charge on any atom is -0.455 e. The molecule has 3 aromatic heterocycles. The van der Waals surface area contributed by atoms with Crippen molar-refractivity contribution in [3.8, 4) is 39.5 Å². The van der Waals surface area contributed by atoms with E-state index in [1.807, 2.05) is 36.4 Å². The minimum atomic E-state index is 0.703. The maximum Gasteiger partial charge on any atom is 0.160 e. The van der Waals surface area contributed by atoms with E-state index < -0.39 is 0 Å². The van der Waals surface area contributed by atoms with Crippen molar-refractivity contribution in [1.82, 2.24) is 14.5 Å². The van der Waals surface area contributed by atoms with Crippen LogP contribution in [0.2, 0.25) is 0 Å². The second-order valence-corrected chi connectivity index (χ2v) is 12.2. The lowest BCUT2D eigenvalue weighted by Gasteiger charge is -2.12. The first-order valence-electron chi connectivity index (χ1n) is 16.2. The highest BCUT2D eigenvalue weighted by atomic mass is 16.3. The summed E-state index contributed by atoms with van der Waals surface area (Å²) in [6.07, 6.45) is 0. The van der Waals surface area contributed by atoms with Crippen molar-refractivity contribution in [1.29, 1.82) is 0 Å². The van der Waals surface area contributed by atoms with E-state index in [0.717, 1.165) is 66.5 Å². The van der Waals surface area contributed by atoms with Gasteiger partial charge >= 0.3 is 0 Å². The highest BCUT2D eigenvalue weighted by molar-refractivity contribution is 6.18. The first-order chi connectivity index (χ1) is 23.8. The largest absolute Gasteiger partial charge is 0.455 e. The van der Waals surface area contributed by atoms with Crippen molar-refractivity contribution in [3.05, 3.63) is 164 Å². The summed E-state index contributed by atoms with van der Waals surface area (Å²) in [5.41, 5.74) is 11.2. The monoisotopic (exact) mass is 613 g/mol. The summed E-state index contributed by atoms with van der Waals surface area (Å²) in [7, 11) is 0. The Balaban J connectivity index is 1.25. The van der Waals surface area contributed by atoms with Crippen LogP contribution < -0.4 is 0 Å². The quantitative estimate of drug-likeness (QED) is 0.198. The molecule has 4 nitrogen and oxygen atoms in total. The Hall–Kier alpha value is -6.52. The lowest BCUT2D eigenvalue weighted by Crippen LogP contribution is -1.96. The number of fused-ring (bicyclic) bond motifs is 7. The predicted molar refractivity (Wildman–Crippen MR) is 197 cm³/mol. The van der Waals surface area contributed by atoms with Crippen LogP contribution in [0, 0.1) is 0 Å². The highest BCUT2D eigenvalue weighted by Gasteiger charge is 2.21. The number of hydrogen-bond acceptors (Lipinski definition) is 3. The zero-order valence-corrected chi connectivity index (χ0v) is 25.8. The Kier molecular flexibility index (Phi) is 5.84. The van der Waals surface area contributed by atoms with E-state index in [2.05, 4.69) is 132 Å². The molecule has 4 heteroatoms.